The first kappa shape index (κ1) is 20.1. The standard InChI is InChI=1S/C22H30N4O2S/c1-5-15-10-17-19(29-15)11-18-22(28)25(24-20(6-2)26(17)18)12-21(27)23-16-9-7-8-13(3)14(16)4/h10-11,13-14,16H,5-9,12H2,1-4H3,(H,23,27)/t13-,14+,16-/m1/s1. The minimum atomic E-state index is -0.205. The van der Waals surface area contributed by atoms with E-state index in [0.717, 1.165) is 35.3 Å². The fourth-order valence-electron chi connectivity index (χ4n) is 4.52. The van der Waals surface area contributed by atoms with E-state index in [1.807, 2.05) is 17.4 Å². The van der Waals surface area contributed by atoms with Gasteiger partial charge in [0, 0.05) is 17.3 Å². The Morgan fingerprint density at radius 3 is 2.72 bits per heavy atom. The van der Waals surface area contributed by atoms with Gasteiger partial charge in [0.05, 0.1) is 10.2 Å². The zero-order valence-corrected chi connectivity index (χ0v) is 18.5. The second-order valence-electron chi connectivity index (χ2n) is 8.35. The Labute approximate surface area is 174 Å². The maximum atomic E-state index is 13.1. The predicted octanol–water partition coefficient (Wildman–Crippen LogP) is 3.78. The highest BCUT2D eigenvalue weighted by Gasteiger charge is 2.28. The zero-order valence-electron chi connectivity index (χ0n) is 17.7. The van der Waals surface area contributed by atoms with Gasteiger partial charge in [-0.3, -0.25) is 14.0 Å². The molecule has 0 aliphatic heterocycles. The largest absolute Gasteiger partial charge is 0.351 e. The summed E-state index contributed by atoms with van der Waals surface area (Å²) in [6.07, 6.45) is 5.04. The van der Waals surface area contributed by atoms with Gasteiger partial charge in [-0.25, -0.2) is 4.68 Å². The van der Waals surface area contributed by atoms with Crippen molar-refractivity contribution in [2.75, 3.05) is 0 Å². The van der Waals surface area contributed by atoms with E-state index in [2.05, 4.69) is 37.3 Å². The van der Waals surface area contributed by atoms with Crippen LogP contribution in [0.1, 0.15) is 57.7 Å². The normalized spacial score (nSPS) is 22.4. The van der Waals surface area contributed by atoms with Gasteiger partial charge in [0.1, 0.15) is 17.9 Å². The van der Waals surface area contributed by atoms with Crippen molar-refractivity contribution in [1.82, 2.24) is 19.5 Å². The summed E-state index contributed by atoms with van der Waals surface area (Å²) < 4.78 is 4.40. The number of hydrogen-bond donors (Lipinski definition) is 1. The van der Waals surface area contributed by atoms with Crippen LogP contribution in [0.3, 0.4) is 0 Å². The summed E-state index contributed by atoms with van der Waals surface area (Å²) in [5, 5.41) is 7.71. The van der Waals surface area contributed by atoms with E-state index in [1.54, 1.807) is 11.3 Å². The van der Waals surface area contributed by atoms with E-state index in [9.17, 15) is 9.59 Å². The molecule has 1 fully saturated rings. The summed E-state index contributed by atoms with van der Waals surface area (Å²) in [7, 11) is 0. The SMILES string of the molecule is CCc1cc2c(cc3c(=O)n(CC(=O)N[C@@H]4CCC[C@@H](C)[C@@H]4C)nc(CC)n32)s1. The van der Waals surface area contributed by atoms with Gasteiger partial charge >= 0.3 is 0 Å². The monoisotopic (exact) mass is 414 g/mol. The third-order valence-corrected chi connectivity index (χ3v) is 7.72. The van der Waals surface area contributed by atoms with E-state index < -0.39 is 0 Å². The van der Waals surface area contributed by atoms with Crippen LogP contribution in [0, 0.1) is 11.8 Å². The summed E-state index contributed by atoms with van der Waals surface area (Å²) in [5.74, 6) is 1.75. The van der Waals surface area contributed by atoms with Crippen LogP contribution in [-0.2, 0) is 24.2 Å². The fraction of sp³-hybridized carbons (Fsp3) is 0.591. The Morgan fingerprint density at radius 2 is 2.00 bits per heavy atom. The molecule has 3 heterocycles. The van der Waals surface area contributed by atoms with Crippen molar-refractivity contribution in [3.8, 4) is 0 Å². The Hall–Kier alpha value is -2.15. The number of aromatic nitrogens is 3. The lowest BCUT2D eigenvalue weighted by Gasteiger charge is -2.34. The van der Waals surface area contributed by atoms with Crippen molar-refractivity contribution in [2.24, 2.45) is 11.8 Å². The highest BCUT2D eigenvalue weighted by Crippen LogP contribution is 2.30. The maximum Gasteiger partial charge on any atom is 0.291 e. The molecule has 1 aliphatic rings. The molecule has 156 valence electrons. The highest BCUT2D eigenvalue weighted by atomic mass is 32.1. The molecular weight excluding hydrogens is 384 g/mol. The molecule has 0 aromatic carbocycles. The van der Waals surface area contributed by atoms with Gasteiger partial charge < -0.3 is 5.32 Å². The third kappa shape index (κ3) is 3.61. The topological polar surface area (TPSA) is 68.4 Å². The van der Waals surface area contributed by atoms with E-state index in [0.29, 0.717) is 23.8 Å². The second kappa shape index (κ2) is 7.94. The molecule has 0 radical (unpaired) electrons. The molecule has 29 heavy (non-hydrogen) atoms. The number of nitrogens with zero attached hydrogens (tertiary/aromatic N) is 3. The molecule has 6 nitrogen and oxygen atoms in total. The molecule has 1 aliphatic carbocycles. The summed E-state index contributed by atoms with van der Waals surface area (Å²) in [6.45, 7) is 8.59. The van der Waals surface area contributed by atoms with Gasteiger partial charge in [-0.15, -0.1) is 11.3 Å². The van der Waals surface area contributed by atoms with Gasteiger partial charge in [-0.1, -0.05) is 40.5 Å². The molecule has 0 unspecified atom stereocenters. The Bertz CT molecular complexity index is 1110. The molecule has 0 bridgehead atoms. The second-order valence-corrected chi connectivity index (χ2v) is 9.52. The lowest BCUT2D eigenvalue weighted by molar-refractivity contribution is -0.123. The number of rotatable bonds is 5. The number of nitrogens with one attached hydrogen (secondary N) is 1. The first-order valence-corrected chi connectivity index (χ1v) is 11.6. The fourth-order valence-corrected chi connectivity index (χ4v) is 5.55. The Kier molecular flexibility index (Phi) is 5.51. The van der Waals surface area contributed by atoms with Gasteiger partial charge in [-0.05, 0) is 36.8 Å². The molecule has 1 saturated carbocycles. The molecule has 7 heteroatoms. The lowest BCUT2D eigenvalue weighted by Crippen LogP contribution is -2.46. The number of thiophene rings is 1. The number of fused-ring (bicyclic) bond motifs is 3. The van der Waals surface area contributed by atoms with Gasteiger partial charge in [0.2, 0.25) is 5.91 Å². The number of amides is 1. The van der Waals surface area contributed by atoms with Gasteiger partial charge in [0.15, 0.2) is 0 Å². The van der Waals surface area contributed by atoms with E-state index in [4.69, 9.17) is 0 Å². The lowest BCUT2D eigenvalue weighted by atomic mass is 9.78. The molecule has 1 amide bonds. The van der Waals surface area contributed by atoms with Crippen molar-refractivity contribution in [1.29, 1.82) is 0 Å². The minimum absolute atomic E-state index is 0.0288. The molecule has 3 aromatic heterocycles. The van der Waals surface area contributed by atoms with Crippen LogP contribution in [0.25, 0.3) is 15.7 Å². The summed E-state index contributed by atoms with van der Waals surface area (Å²) in [6, 6.07) is 4.28. The number of carbonyl (C=O) groups is 1. The molecular formula is C22H30N4O2S. The maximum absolute atomic E-state index is 13.1. The average molecular weight is 415 g/mol. The quantitative estimate of drug-likeness (QED) is 0.691. The Balaban J connectivity index is 1.64. The molecule has 3 atom stereocenters. The molecule has 0 spiro atoms. The van der Waals surface area contributed by atoms with Gasteiger partial charge in [0.25, 0.3) is 5.56 Å². The molecule has 1 N–H and O–H groups in total. The van der Waals surface area contributed by atoms with Crippen molar-refractivity contribution in [2.45, 2.75) is 72.4 Å². The molecule has 0 saturated heterocycles. The van der Waals surface area contributed by atoms with E-state index >= 15 is 0 Å². The van der Waals surface area contributed by atoms with Crippen LogP contribution in [-0.4, -0.2) is 26.1 Å². The average Bonchev–Trinajstić information content (AvgIpc) is 3.25. The minimum Gasteiger partial charge on any atom is -0.351 e. The number of aryl methyl sites for hydroxylation is 2. The van der Waals surface area contributed by atoms with Crippen LogP contribution >= 0.6 is 11.3 Å². The zero-order chi connectivity index (χ0) is 20.7. The molecule has 3 aromatic rings. The van der Waals surface area contributed by atoms with Crippen molar-refractivity contribution < 1.29 is 4.79 Å². The summed E-state index contributed by atoms with van der Waals surface area (Å²) >= 11 is 1.72. The van der Waals surface area contributed by atoms with Crippen LogP contribution in [0.2, 0.25) is 0 Å². The van der Waals surface area contributed by atoms with Crippen LogP contribution in [0.15, 0.2) is 16.9 Å². The Morgan fingerprint density at radius 1 is 1.21 bits per heavy atom. The van der Waals surface area contributed by atoms with E-state index in [-0.39, 0.29) is 24.1 Å². The van der Waals surface area contributed by atoms with Crippen molar-refractivity contribution in [3.63, 3.8) is 0 Å². The van der Waals surface area contributed by atoms with Crippen LogP contribution < -0.4 is 10.9 Å². The van der Waals surface area contributed by atoms with E-state index in [1.165, 1.54) is 16.0 Å². The predicted molar refractivity (Wildman–Crippen MR) is 118 cm³/mol. The summed E-state index contributed by atoms with van der Waals surface area (Å²) in [4.78, 5) is 27.1. The van der Waals surface area contributed by atoms with Crippen molar-refractivity contribution in [3.05, 3.63) is 33.2 Å². The highest BCUT2D eigenvalue weighted by molar-refractivity contribution is 7.19. The smallest absolute Gasteiger partial charge is 0.291 e. The summed E-state index contributed by atoms with van der Waals surface area (Å²) in [5.41, 5.74) is 1.45. The molecule has 4 rings (SSSR count). The van der Waals surface area contributed by atoms with Gasteiger partial charge in [-0.2, -0.15) is 5.10 Å². The first-order valence-electron chi connectivity index (χ1n) is 10.8. The van der Waals surface area contributed by atoms with Crippen LogP contribution in [0.4, 0.5) is 0 Å². The number of hydrogen-bond acceptors (Lipinski definition) is 4. The van der Waals surface area contributed by atoms with Crippen molar-refractivity contribution >= 4 is 33.0 Å². The number of carbonyl (C=O) groups excluding carboxylic acids is 1. The first-order chi connectivity index (χ1) is 13.9. The third-order valence-electron chi connectivity index (χ3n) is 6.50. The van der Waals surface area contributed by atoms with Crippen LogP contribution in [0.5, 0.6) is 0 Å².